The Labute approximate surface area is 162 Å². The molecule has 2 rings (SSSR count). The number of nitrogens with one attached hydrogen (secondary N) is 1. The van der Waals surface area contributed by atoms with Crippen LogP contribution in [0.2, 0.25) is 0 Å². The Balaban J connectivity index is 1.75. The Morgan fingerprint density at radius 1 is 1.11 bits per heavy atom. The molecule has 0 aliphatic heterocycles. The van der Waals surface area contributed by atoms with Crippen LogP contribution in [0.3, 0.4) is 0 Å². The van der Waals surface area contributed by atoms with E-state index in [1.807, 2.05) is 24.3 Å². The minimum Gasteiger partial charge on any atom is -0.491 e. The largest absolute Gasteiger partial charge is 0.491 e. The minimum absolute atomic E-state index is 0.113. The van der Waals surface area contributed by atoms with Gasteiger partial charge in [0.25, 0.3) is 0 Å². The normalized spacial score (nSPS) is 11.5. The first kappa shape index (κ1) is 20.8. The van der Waals surface area contributed by atoms with Gasteiger partial charge in [-0.2, -0.15) is 0 Å². The van der Waals surface area contributed by atoms with E-state index in [2.05, 4.69) is 5.32 Å². The van der Waals surface area contributed by atoms with E-state index in [1.54, 1.807) is 31.2 Å². The van der Waals surface area contributed by atoms with Crippen LogP contribution >= 0.6 is 11.8 Å². The van der Waals surface area contributed by atoms with Crippen molar-refractivity contribution in [2.45, 2.75) is 24.8 Å². The quantitative estimate of drug-likeness (QED) is 0.505. The number of carbonyl (C=O) groups is 2. The summed E-state index contributed by atoms with van der Waals surface area (Å²) in [6.07, 6.45) is -0.644. The molecular weight excluding hydrogens is 366 g/mol. The van der Waals surface area contributed by atoms with E-state index in [0.29, 0.717) is 23.7 Å². The lowest BCUT2D eigenvalue weighted by atomic mass is 10.2. The van der Waals surface area contributed by atoms with Gasteiger partial charge in [-0.05, 0) is 55.5 Å². The summed E-state index contributed by atoms with van der Waals surface area (Å²) in [5.74, 6) is 0.565. The topological polar surface area (TPSA) is 84.9 Å². The number of aliphatic hydroxyl groups excluding tert-OH is 1. The zero-order valence-corrected chi connectivity index (χ0v) is 16.1. The monoisotopic (exact) mass is 389 g/mol. The van der Waals surface area contributed by atoms with Crippen LogP contribution in [0.4, 0.5) is 5.69 Å². The molecule has 0 saturated heterocycles. The zero-order valence-electron chi connectivity index (χ0n) is 15.3. The molecule has 0 saturated carbocycles. The zero-order chi connectivity index (χ0) is 19.6. The van der Waals surface area contributed by atoms with Crippen molar-refractivity contribution >= 4 is 29.3 Å². The average Bonchev–Trinajstić information content (AvgIpc) is 2.66. The predicted octanol–water partition coefficient (Wildman–Crippen LogP) is 3.35. The second kappa shape index (κ2) is 10.6. The molecule has 0 bridgehead atoms. The predicted molar refractivity (Wildman–Crippen MR) is 105 cm³/mol. The number of benzene rings is 2. The molecular formula is C20H23NO5S. The molecule has 0 aliphatic carbocycles. The second-order valence-corrected chi connectivity index (χ2v) is 6.82. The maximum absolute atomic E-state index is 11.6. The third-order valence-corrected chi connectivity index (χ3v) is 4.58. The highest BCUT2D eigenvalue weighted by Crippen LogP contribution is 2.21. The van der Waals surface area contributed by atoms with Gasteiger partial charge in [0.2, 0.25) is 5.91 Å². The van der Waals surface area contributed by atoms with E-state index in [-0.39, 0.29) is 18.5 Å². The number of aliphatic hydroxyl groups is 1. The van der Waals surface area contributed by atoms with E-state index in [4.69, 9.17) is 9.47 Å². The van der Waals surface area contributed by atoms with E-state index in [0.717, 1.165) is 10.6 Å². The van der Waals surface area contributed by atoms with Crippen LogP contribution in [0.1, 0.15) is 24.2 Å². The van der Waals surface area contributed by atoms with E-state index < -0.39 is 6.10 Å². The molecule has 0 aromatic heterocycles. The average molecular weight is 389 g/mol. The van der Waals surface area contributed by atoms with Gasteiger partial charge in [-0.25, -0.2) is 4.79 Å². The SMILES string of the molecule is CCOC(=O)c1ccc(OCC(O)CSc2ccc(NC(C)=O)cc2)cc1. The summed E-state index contributed by atoms with van der Waals surface area (Å²) in [7, 11) is 0. The number of carbonyl (C=O) groups excluding carboxylic acids is 2. The molecule has 0 radical (unpaired) electrons. The Hall–Kier alpha value is -2.51. The van der Waals surface area contributed by atoms with Crippen LogP contribution in [0.5, 0.6) is 5.75 Å². The summed E-state index contributed by atoms with van der Waals surface area (Å²) in [5.41, 5.74) is 1.20. The lowest BCUT2D eigenvalue weighted by Crippen LogP contribution is -2.20. The van der Waals surface area contributed by atoms with Gasteiger partial charge in [-0.1, -0.05) is 0 Å². The minimum atomic E-state index is -0.644. The molecule has 2 aromatic carbocycles. The smallest absolute Gasteiger partial charge is 0.338 e. The van der Waals surface area contributed by atoms with Crippen molar-refractivity contribution in [2.75, 3.05) is 24.3 Å². The van der Waals surface area contributed by atoms with Gasteiger partial charge in [0, 0.05) is 23.3 Å². The Morgan fingerprint density at radius 3 is 2.37 bits per heavy atom. The first-order valence-corrected chi connectivity index (χ1v) is 9.55. The molecule has 0 spiro atoms. The number of hydrogen-bond acceptors (Lipinski definition) is 6. The molecule has 0 heterocycles. The number of ether oxygens (including phenoxy) is 2. The van der Waals surface area contributed by atoms with E-state index >= 15 is 0 Å². The summed E-state index contributed by atoms with van der Waals surface area (Å²) in [4.78, 5) is 23.6. The highest BCUT2D eigenvalue weighted by molar-refractivity contribution is 7.99. The third-order valence-electron chi connectivity index (χ3n) is 3.42. The highest BCUT2D eigenvalue weighted by Gasteiger charge is 2.09. The summed E-state index contributed by atoms with van der Waals surface area (Å²) >= 11 is 1.50. The van der Waals surface area contributed by atoms with Crippen molar-refractivity contribution in [1.82, 2.24) is 0 Å². The fourth-order valence-corrected chi connectivity index (χ4v) is 2.98. The van der Waals surface area contributed by atoms with Crippen LogP contribution in [0, 0.1) is 0 Å². The van der Waals surface area contributed by atoms with Gasteiger partial charge in [0.05, 0.1) is 18.3 Å². The summed E-state index contributed by atoms with van der Waals surface area (Å²) in [6.45, 7) is 3.70. The molecule has 144 valence electrons. The maximum atomic E-state index is 11.6. The Bertz CT molecular complexity index is 746. The van der Waals surface area contributed by atoms with Gasteiger partial charge >= 0.3 is 5.97 Å². The van der Waals surface area contributed by atoms with Gasteiger partial charge < -0.3 is 19.9 Å². The Morgan fingerprint density at radius 2 is 1.78 bits per heavy atom. The molecule has 2 N–H and O–H groups in total. The maximum Gasteiger partial charge on any atom is 0.338 e. The van der Waals surface area contributed by atoms with Crippen LogP contribution in [0.25, 0.3) is 0 Å². The molecule has 0 aliphatic rings. The molecule has 6 nitrogen and oxygen atoms in total. The molecule has 27 heavy (non-hydrogen) atoms. The molecule has 1 unspecified atom stereocenters. The van der Waals surface area contributed by atoms with Gasteiger partial charge in [0.1, 0.15) is 12.4 Å². The molecule has 2 aromatic rings. The fourth-order valence-electron chi connectivity index (χ4n) is 2.17. The Kier molecular flexibility index (Phi) is 8.16. The second-order valence-electron chi connectivity index (χ2n) is 5.73. The van der Waals surface area contributed by atoms with Crippen molar-refractivity contribution in [1.29, 1.82) is 0 Å². The van der Waals surface area contributed by atoms with Crippen LogP contribution in [-0.2, 0) is 9.53 Å². The van der Waals surface area contributed by atoms with E-state index in [1.165, 1.54) is 18.7 Å². The van der Waals surface area contributed by atoms with Gasteiger partial charge in [-0.3, -0.25) is 4.79 Å². The van der Waals surface area contributed by atoms with Crippen molar-refractivity contribution in [3.05, 3.63) is 54.1 Å². The van der Waals surface area contributed by atoms with E-state index in [9.17, 15) is 14.7 Å². The number of rotatable bonds is 9. The van der Waals surface area contributed by atoms with Crippen LogP contribution < -0.4 is 10.1 Å². The number of esters is 1. The standard InChI is InChI=1S/C20H23NO5S/c1-3-25-20(24)15-4-8-18(9-5-15)26-12-17(23)13-27-19-10-6-16(7-11-19)21-14(2)22/h4-11,17,23H,3,12-13H2,1-2H3,(H,21,22). The van der Waals surface area contributed by atoms with Gasteiger partial charge in [-0.15, -0.1) is 11.8 Å². The summed E-state index contributed by atoms with van der Waals surface area (Å²) < 4.78 is 10.5. The van der Waals surface area contributed by atoms with Crippen molar-refractivity contribution in [3.63, 3.8) is 0 Å². The van der Waals surface area contributed by atoms with Crippen LogP contribution in [0.15, 0.2) is 53.4 Å². The first-order valence-electron chi connectivity index (χ1n) is 8.56. The number of thioether (sulfide) groups is 1. The molecule has 0 fully saturated rings. The van der Waals surface area contributed by atoms with Gasteiger partial charge in [0.15, 0.2) is 0 Å². The molecule has 1 atom stereocenters. The summed E-state index contributed by atoms with van der Waals surface area (Å²) in [6, 6.07) is 14.0. The molecule has 7 heteroatoms. The number of amides is 1. The lowest BCUT2D eigenvalue weighted by Gasteiger charge is -2.12. The van der Waals surface area contributed by atoms with Crippen molar-refractivity contribution < 1.29 is 24.2 Å². The first-order chi connectivity index (χ1) is 13.0. The lowest BCUT2D eigenvalue weighted by molar-refractivity contribution is -0.114. The number of hydrogen-bond donors (Lipinski definition) is 2. The molecule has 1 amide bonds. The third kappa shape index (κ3) is 7.32. The fraction of sp³-hybridized carbons (Fsp3) is 0.300. The summed E-state index contributed by atoms with van der Waals surface area (Å²) in [5, 5.41) is 12.8. The highest BCUT2D eigenvalue weighted by atomic mass is 32.2. The van der Waals surface area contributed by atoms with Crippen LogP contribution in [-0.4, -0.2) is 42.1 Å². The van der Waals surface area contributed by atoms with Crippen molar-refractivity contribution in [2.24, 2.45) is 0 Å². The number of anilines is 1. The van der Waals surface area contributed by atoms with Crippen molar-refractivity contribution in [3.8, 4) is 5.75 Å².